The van der Waals surface area contributed by atoms with Gasteiger partial charge in [0.05, 0.1) is 7.11 Å². The summed E-state index contributed by atoms with van der Waals surface area (Å²) in [5, 5.41) is 13.2. The van der Waals surface area contributed by atoms with Crippen molar-refractivity contribution in [3.05, 3.63) is 65.4 Å². The van der Waals surface area contributed by atoms with Crippen LogP contribution in [0.4, 0.5) is 0 Å². The molecule has 2 aromatic rings. The van der Waals surface area contributed by atoms with E-state index in [0.717, 1.165) is 5.56 Å². The highest BCUT2D eigenvalue weighted by Crippen LogP contribution is 2.56. The van der Waals surface area contributed by atoms with Crippen molar-refractivity contribution in [2.45, 2.75) is 31.4 Å². The van der Waals surface area contributed by atoms with E-state index < -0.39 is 17.6 Å². The molecule has 0 spiro atoms. The predicted molar refractivity (Wildman–Crippen MR) is 103 cm³/mol. The second-order valence-corrected chi connectivity index (χ2v) is 7.13. The summed E-state index contributed by atoms with van der Waals surface area (Å²) in [7, 11) is 1.58. The number of aromatic hydroxyl groups is 1. The van der Waals surface area contributed by atoms with Crippen molar-refractivity contribution in [1.29, 1.82) is 0 Å². The lowest BCUT2D eigenvalue weighted by atomic mass is 9.60. The maximum absolute atomic E-state index is 13.2. The average Bonchev–Trinajstić information content (AvgIpc) is 3.02. The van der Waals surface area contributed by atoms with Crippen LogP contribution in [0, 0.1) is 0 Å². The lowest BCUT2D eigenvalue weighted by Gasteiger charge is -2.43. The molecule has 0 unspecified atom stereocenters. The van der Waals surface area contributed by atoms with Gasteiger partial charge in [0, 0.05) is 23.3 Å². The van der Waals surface area contributed by atoms with Gasteiger partial charge in [-0.1, -0.05) is 12.1 Å². The normalized spacial score (nSPS) is 24.9. The molecule has 2 aliphatic heterocycles. The summed E-state index contributed by atoms with van der Waals surface area (Å²) in [5.74, 6) is 0.379. The van der Waals surface area contributed by atoms with E-state index in [-0.39, 0.29) is 17.3 Å². The summed E-state index contributed by atoms with van der Waals surface area (Å²) in [6.45, 7) is 2.98. The van der Waals surface area contributed by atoms with Crippen LogP contribution in [-0.4, -0.2) is 30.0 Å². The zero-order valence-electron chi connectivity index (χ0n) is 15.9. The molecule has 0 aromatic heterocycles. The molecule has 0 radical (unpaired) electrons. The maximum atomic E-state index is 13.2. The van der Waals surface area contributed by atoms with E-state index >= 15 is 0 Å². The Balaban J connectivity index is 2.01. The number of allylic oxidation sites excluding steroid dienone is 1. The molecule has 0 saturated carbocycles. The Morgan fingerprint density at radius 2 is 1.86 bits per heavy atom. The van der Waals surface area contributed by atoms with Crippen LogP contribution in [0.25, 0.3) is 0 Å². The first-order valence-corrected chi connectivity index (χ1v) is 9.01. The molecule has 28 heavy (non-hydrogen) atoms. The van der Waals surface area contributed by atoms with Crippen LogP contribution >= 0.6 is 0 Å². The van der Waals surface area contributed by atoms with Crippen molar-refractivity contribution in [1.82, 2.24) is 5.32 Å². The van der Waals surface area contributed by atoms with Crippen molar-refractivity contribution >= 4 is 11.6 Å². The van der Waals surface area contributed by atoms with Crippen LogP contribution in [-0.2, 0) is 15.0 Å². The van der Waals surface area contributed by atoms with Crippen LogP contribution in [0.15, 0.2) is 54.2 Å². The number of carbonyl (C=O) groups excluding carboxylic acids is 2. The van der Waals surface area contributed by atoms with E-state index in [1.807, 2.05) is 12.1 Å². The van der Waals surface area contributed by atoms with Gasteiger partial charge in [-0.05, 0) is 49.7 Å². The summed E-state index contributed by atoms with van der Waals surface area (Å²) in [5.41, 5.74) is 0.670. The van der Waals surface area contributed by atoms with Gasteiger partial charge in [-0.2, -0.15) is 0 Å². The van der Waals surface area contributed by atoms with Gasteiger partial charge < -0.3 is 19.9 Å². The number of benzene rings is 2. The van der Waals surface area contributed by atoms with Crippen LogP contribution in [0.5, 0.6) is 17.2 Å². The van der Waals surface area contributed by atoms with Gasteiger partial charge in [-0.3, -0.25) is 9.59 Å². The van der Waals surface area contributed by atoms with Gasteiger partial charge in [0.25, 0.3) is 0 Å². The Hall–Kier alpha value is -3.28. The van der Waals surface area contributed by atoms with E-state index in [2.05, 4.69) is 5.32 Å². The van der Waals surface area contributed by atoms with Crippen LogP contribution in [0.2, 0.25) is 0 Å². The fourth-order valence-corrected chi connectivity index (χ4v) is 4.39. The van der Waals surface area contributed by atoms with Gasteiger partial charge in [0.2, 0.25) is 0 Å². The molecule has 0 fully saturated rings. The number of ketones is 2. The number of methoxy groups -OCH3 is 1. The van der Waals surface area contributed by atoms with E-state index in [0.29, 0.717) is 22.6 Å². The molecular formula is C22H21NO5. The summed E-state index contributed by atoms with van der Waals surface area (Å²) in [6, 6.07) is 12.0. The number of Topliss-reactive ketones (excluding diaryl/α,β-unsaturated/α-hetero) is 2. The van der Waals surface area contributed by atoms with Gasteiger partial charge in [0.15, 0.2) is 12.0 Å². The fraction of sp³-hybridized carbons (Fsp3) is 0.273. The van der Waals surface area contributed by atoms with Crippen LogP contribution in [0.1, 0.15) is 30.9 Å². The van der Waals surface area contributed by atoms with Crippen molar-refractivity contribution in [2.75, 3.05) is 7.11 Å². The highest BCUT2D eigenvalue weighted by Gasteiger charge is 2.61. The molecule has 0 aliphatic carbocycles. The number of carbonyl (C=O) groups is 2. The smallest absolute Gasteiger partial charge is 0.187 e. The molecule has 6 nitrogen and oxygen atoms in total. The Bertz CT molecular complexity index is 994. The number of phenolic OH excluding ortho intramolecular Hbond substituents is 1. The Morgan fingerprint density at radius 3 is 2.46 bits per heavy atom. The standard InChI is InChI=1S/C22H21NO5/c1-12(24)17-11-23-21-22(13(2)25,18-10-15(26)6-9-19(18)28-21)20(17)14-4-7-16(27-3)8-5-14/h4-11,20-21,23,26H,1-3H3/t20-,21+,22+/m0/s1. The van der Waals surface area contributed by atoms with Crippen LogP contribution < -0.4 is 14.8 Å². The average molecular weight is 379 g/mol. The molecule has 2 aromatic carbocycles. The second-order valence-electron chi connectivity index (χ2n) is 7.13. The predicted octanol–water partition coefficient (Wildman–Crippen LogP) is 2.81. The highest BCUT2D eigenvalue weighted by atomic mass is 16.5. The van der Waals surface area contributed by atoms with E-state index in [4.69, 9.17) is 9.47 Å². The molecular weight excluding hydrogens is 358 g/mol. The topological polar surface area (TPSA) is 84.9 Å². The SMILES string of the molecule is COc1ccc([C@H]2C(C(C)=O)=CN[C@@H]3Oc4ccc(O)cc4[C@@]32C(C)=O)cc1. The minimum atomic E-state index is -1.18. The van der Waals surface area contributed by atoms with Gasteiger partial charge in [0.1, 0.15) is 28.4 Å². The largest absolute Gasteiger partial charge is 0.508 e. The van der Waals surface area contributed by atoms with Crippen molar-refractivity contribution in [3.63, 3.8) is 0 Å². The molecule has 2 heterocycles. The first-order chi connectivity index (χ1) is 13.4. The third-order valence-corrected chi connectivity index (χ3v) is 5.66. The monoisotopic (exact) mass is 379 g/mol. The minimum absolute atomic E-state index is 0.0380. The van der Waals surface area contributed by atoms with E-state index in [1.54, 1.807) is 37.6 Å². The number of fused-ring (bicyclic) bond motifs is 3. The first-order valence-electron chi connectivity index (χ1n) is 9.01. The van der Waals surface area contributed by atoms with Crippen molar-refractivity contribution in [3.8, 4) is 17.2 Å². The molecule has 4 rings (SSSR count). The molecule has 144 valence electrons. The molecule has 0 saturated heterocycles. The number of ether oxygens (including phenoxy) is 2. The zero-order valence-corrected chi connectivity index (χ0v) is 15.9. The third kappa shape index (κ3) is 2.41. The van der Waals surface area contributed by atoms with E-state index in [9.17, 15) is 14.7 Å². The number of rotatable bonds is 4. The number of nitrogens with one attached hydrogen (secondary N) is 1. The third-order valence-electron chi connectivity index (χ3n) is 5.66. The van der Waals surface area contributed by atoms with Gasteiger partial charge in [-0.25, -0.2) is 0 Å². The number of phenols is 1. The molecule has 3 atom stereocenters. The molecule has 6 heteroatoms. The highest BCUT2D eigenvalue weighted by molar-refractivity contribution is 6.01. The van der Waals surface area contributed by atoms with Crippen molar-refractivity contribution < 1.29 is 24.2 Å². The molecule has 0 bridgehead atoms. The van der Waals surface area contributed by atoms with E-state index in [1.165, 1.54) is 19.9 Å². The fourth-order valence-electron chi connectivity index (χ4n) is 4.39. The summed E-state index contributed by atoms with van der Waals surface area (Å²) >= 11 is 0. The maximum Gasteiger partial charge on any atom is 0.187 e. The second kappa shape index (κ2) is 6.41. The van der Waals surface area contributed by atoms with Gasteiger partial charge in [-0.15, -0.1) is 0 Å². The minimum Gasteiger partial charge on any atom is -0.508 e. The number of hydrogen-bond donors (Lipinski definition) is 2. The summed E-state index contributed by atoms with van der Waals surface area (Å²) < 4.78 is 11.3. The lowest BCUT2D eigenvalue weighted by Crippen LogP contribution is -2.58. The molecule has 2 N–H and O–H groups in total. The molecule has 2 aliphatic rings. The zero-order chi connectivity index (χ0) is 20.1. The molecule has 0 amide bonds. The van der Waals surface area contributed by atoms with Gasteiger partial charge >= 0.3 is 0 Å². The quantitative estimate of drug-likeness (QED) is 0.850. The first kappa shape index (κ1) is 18.1. The Kier molecular flexibility index (Phi) is 4.14. The number of hydrogen-bond acceptors (Lipinski definition) is 6. The van der Waals surface area contributed by atoms with Crippen LogP contribution in [0.3, 0.4) is 0 Å². The Labute approximate surface area is 162 Å². The Morgan fingerprint density at radius 1 is 1.14 bits per heavy atom. The lowest BCUT2D eigenvalue weighted by molar-refractivity contribution is -0.126. The summed E-state index contributed by atoms with van der Waals surface area (Å²) in [6.07, 6.45) is 0.950. The summed E-state index contributed by atoms with van der Waals surface area (Å²) in [4.78, 5) is 25.7. The van der Waals surface area contributed by atoms with Crippen molar-refractivity contribution in [2.24, 2.45) is 0 Å².